The topological polar surface area (TPSA) is 34.1 Å². The third kappa shape index (κ3) is 2.53. The molecule has 0 unspecified atom stereocenters. The van der Waals surface area contributed by atoms with Crippen molar-refractivity contribution in [1.29, 1.82) is 0 Å². The maximum Gasteiger partial charge on any atom is 0.0718 e. The van der Waals surface area contributed by atoms with E-state index in [1.54, 1.807) is 0 Å². The molecule has 0 aliphatic carbocycles. The van der Waals surface area contributed by atoms with Gasteiger partial charge in [-0.3, -0.25) is 4.98 Å². The summed E-state index contributed by atoms with van der Waals surface area (Å²) in [5.41, 5.74) is 2.26. The first kappa shape index (κ1) is 9.62. The minimum absolute atomic E-state index is 0.708. The Bertz CT molecular complexity index is 297. The van der Waals surface area contributed by atoms with Gasteiger partial charge in [0, 0.05) is 30.9 Å². The van der Waals surface area contributed by atoms with Crippen molar-refractivity contribution in [2.24, 2.45) is 5.92 Å². The molecule has 1 aromatic heterocycles. The molecule has 1 aliphatic heterocycles. The van der Waals surface area contributed by atoms with Crippen LogP contribution in [0.25, 0.3) is 0 Å². The minimum atomic E-state index is 0.708. The summed E-state index contributed by atoms with van der Waals surface area (Å²) in [6.07, 6.45) is 1.83. The summed E-state index contributed by atoms with van der Waals surface area (Å²) in [4.78, 5) is 4.14. The molecule has 1 fully saturated rings. The predicted octanol–water partition coefficient (Wildman–Crippen LogP) is 1.13. The van der Waals surface area contributed by atoms with Crippen LogP contribution in [0.1, 0.15) is 11.3 Å². The highest BCUT2D eigenvalue weighted by molar-refractivity contribution is 5.14. The maximum absolute atomic E-state index is 5.61. The second-order valence-corrected chi connectivity index (χ2v) is 3.84. The number of ether oxygens (including phenoxy) is 1. The number of aryl methyl sites for hydroxylation is 1. The Kier molecular flexibility index (Phi) is 3.11. The molecule has 0 spiro atoms. The fourth-order valence-corrected chi connectivity index (χ4v) is 1.50. The molecule has 0 amide bonds. The third-order valence-electron chi connectivity index (χ3n) is 2.45. The Hall–Kier alpha value is -0.930. The molecular formula is C11H16N2O. The zero-order chi connectivity index (χ0) is 9.80. The number of hydrogen-bond donors (Lipinski definition) is 1. The Labute approximate surface area is 84.5 Å². The zero-order valence-corrected chi connectivity index (χ0v) is 8.49. The van der Waals surface area contributed by atoms with E-state index in [-0.39, 0.29) is 0 Å². The normalized spacial score (nSPS) is 16.6. The largest absolute Gasteiger partial charge is 0.376 e. The maximum atomic E-state index is 5.61. The molecule has 0 bridgehead atoms. The van der Waals surface area contributed by atoms with Crippen LogP contribution in [0.3, 0.4) is 0 Å². The first-order valence-electron chi connectivity index (χ1n) is 5.04. The fraction of sp³-hybridized carbons (Fsp3) is 0.545. The molecule has 1 N–H and O–H groups in total. The highest BCUT2D eigenvalue weighted by atomic mass is 16.5. The van der Waals surface area contributed by atoms with E-state index in [1.807, 2.05) is 19.2 Å². The summed E-state index contributed by atoms with van der Waals surface area (Å²) in [5, 5.41) is 3.23. The van der Waals surface area contributed by atoms with Gasteiger partial charge in [-0.2, -0.15) is 0 Å². The molecule has 2 heterocycles. The van der Waals surface area contributed by atoms with E-state index in [9.17, 15) is 0 Å². The van der Waals surface area contributed by atoms with E-state index in [2.05, 4.69) is 16.4 Å². The van der Waals surface area contributed by atoms with Gasteiger partial charge in [0.15, 0.2) is 0 Å². The molecule has 76 valence electrons. The van der Waals surface area contributed by atoms with Crippen molar-refractivity contribution in [1.82, 2.24) is 10.3 Å². The minimum Gasteiger partial charge on any atom is -0.376 e. The summed E-state index contributed by atoms with van der Waals surface area (Å²) in [6.45, 7) is 5.79. The summed E-state index contributed by atoms with van der Waals surface area (Å²) >= 11 is 0. The summed E-state index contributed by atoms with van der Waals surface area (Å²) in [7, 11) is 0. The van der Waals surface area contributed by atoms with Gasteiger partial charge >= 0.3 is 0 Å². The van der Waals surface area contributed by atoms with E-state index in [4.69, 9.17) is 4.74 Å². The van der Waals surface area contributed by atoms with Crippen molar-refractivity contribution in [2.75, 3.05) is 19.7 Å². The zero-order valence-electron chi connectivity index (χ0n) is 8.49. The second-order valence-electron chi connectivity index (χ2n) is 3.84. The second kappa shape index (κ2) is 4.53. The molecule has 0 saturated carbocycles. The summed E-state index contributed by atoms with van der Waals surface area (Å²) in [5.74, 6) is 0.720. The van der Waals surface area contributed by atoms with Crippen molar-refractivity contribution in [3.63, 3.8) is 0 Å². The van der Waals surface area contributed by atoms with Gasteiger partial charge in [0.25, 0.3) is 0 Å². The average Bonchev–Trinajstić information content (AvgIpc) is 2.09. The summed E-state index contributed by atoms with van der Waals surface area (Å²) < 4.78 is 5.61. The van der Waals surface area contributed by atoms with Crippen LogP contribution < -0.4 is 5.32 Å². The van der Waals surface area contributed by atoms with E-state index < -0.39 is 0 Å². The van der Waals surface area contributed by atoms with E-state index in [1.165, 1.54) is 5.56 Å². The van der Waals surface area contributed by atoms with E-state index in [0.717, 1.165) is 31.3 Å². The van der Waals surface area contributed by atoms with Gasteiger partial charge in [0.2, 0.25) is 0 Å². The SMILES string of the molecule is Cc1cc(COCC2CNC2)ccn1. The average molecular weight is 192 g/mol. The molecule has 1 aliphatic rings. The van der Waals surface area contributed by atoms with Gasteiger partial charge in [-0.05, 0) is 24.6 Å². The molecule has 3 heteroatoms. The number of aromatic nitrogens is 1. The van der Waals surface area contributed by atoms with Crippen LogP contribution in [0.15, 0.2) is 18.3 Å². The van der Waals surface area contributed by atoms with Crippen molar-refractivity contribution < 1.29 is 4.74 Å². The molecule has 0 atom stereocenters. The van der Waals surface area contributed by atoms with Gasteiger partial charge in [-0.25, -0.2) is 0 Å². The number of pyridine rings is 1. The van der Waals surface area contributed by atoms with Gasteiger partial charge in [0.05, 0.1) is 13.2 Å². The highest BCUT2D eigenvalue weighted by Gasteiger charge is 2.16. The van der Waals surface area contributed by atoms with Crippen LogP contribution in [-0.4, -0.2) is 24.7 Å². The number of nitrogens with zero attached hydrogens (tertiary/aromatic N) is 1. The molecule has 2 rings (SSSR count). The van der Waals surface area contributed by atoms with Crippen molar-refractivity contribution >= 4 is 0 Å². The van der Waals surface area contributed by atoms with Crippen LogP contribution in [0.5, 0.6) is 0 Å². The smallest absolute Gasteiger partial charge is 0.0718 e. The lowest BCUT2D eigenvalue weighted by Gasteiger charge is -2.26. The molecular weight excluding hydrogens is 176 g/mol. The first-order valence-corrected chi connectivity index (χ1v) is 5.04. The van der Waals surface area contributed by atoms with Crippen LogP contribution in [0.2, 0.25) is 0 Å². The highest BCUT2D eigenvalue weighted by Crippen LogP contribution is 2.07. The lowest BCUT2D eigenvalue weighted by molar-refractivity contribution is 0.0688. The molecule has 14 heavy (non-hydrogen) atoms. The van der Waals surface area contributed by atoms with E-state index in [0.29, 0.717) is 6.61 Å². The molecule has 3 nitrogen and oxygen atoms in total. The molecule has 0 aromatic carbocycles. The Balaban J connectivity index is 1.74. The summed E-state index contributed by atoms with van der Waals surface area (Å²) in [6, 6.07) is 4.07. The number of nitrogens with one attached hydrogen (secondary N) is 1. The monoisotopic (exact) mass is 192 g/mol. The first-order chi connectivity index (χ1) is 6.84. The standard InChI is InChI=1S/C11H16N2O/c1-9-4-10(2-3-13-9)7-14-8-11-5-12-6-11/h2-4,11-12H,5-8H2,1H3. The fourth-order valence-electron chi connectivity index (χ4n) is 1.50. The van der Waals surface area contributed by atoms with Gasteiger partial charge in [0.1, 0.15) is 0 Å². The Morgan fingerprint density at radius 1 is 1.57 bits per heavy atom. The molecule has 1 saturated heterocycles. The molecule has 1 aromatic rings. The van der Waals surface area contributed by atoms with Crippen LogP contribution >= 0.6 is 0 Å². The van der Waals surface area contributed by atoms with Gasteiger partial charge < -0.3 is 10.1 Å². The van der Waals surface area contributed by atoms with Gasteiger partial charge in [-0.15, -0.1) is 0 Å². The lowest BCUT2D eigenvalue weighted by Crippen LogP contribution is -2.44. The van der Waals surface area contributed by atoms with Crippen LogP contribution in [0, 0.1) is 12.8 Å². The number of hydrogen-bond acceptors (Lipinski definition) is 3. The van der Waals surface area contributed by atoms with Crippen LogP contribution in [0.4, 0.5) is 0 Å². The quantitative estimate of drug-likeness (QED) is 0.776. The Morgan fingerprint density at radius 3 is 3.07 bits per heavy atom. The molecule has 0 radical (unpaired) electrons. The number of rotatable bonds is 4. The lowest BCUT2D eigenvalue weighted by atomic mass is 10.1. The van der Waals surface area contributed by atoms with Crippen molar-refractivity contribution in [3.8, 4) is 0 Å². The third-order valence-corrected chi connectivity index (χ3v) is 2.45. The van der Waals surface area contributed by atoms with E-state index >= 15 is 0 Å². The predicted molar refractivity (Wildman–Crippen MR) is 55.0 cm³/mol. The Morgan fingerprint density at radius 2 is 2.43 bits per heavy atom. The van der Waals surface area contributed by atoms with Crippen molar-refractivity contribution in [2.45, 2.75) is 13.5 Å². The van der Waals surface area contributed by atoms with Gasteiger partial charge in [-0.1, -0.05) is 0 Å². The van der Waals surface area contributed by atoms with Crippen molar-refractivity contribution in [3.05, 3.63) is 29.6 Å². The van der Waals surface area contributed by atoms with Crippen LogP contribution in [-0.2, 0) is 11.3 Å².